The van der Waals surface area contributed by atoms with E-state index in [0.29, 0.717) is 6.42 Å². The predicted molar refractivity (Wildman–Crippen MR) is 106 cm³/mol. The van der Waals surface area contributed by atoms with E-state index in [4.69, 9.17) is 5.11 Å². The fraction of sp³-hybridized carbons (Fsp3) is 0.455. The van der Waals surface area contributed by atoms with Crippen molar-refractivity contribution in [2.45, 2.75) is 64.7 Å². The number of carbonyl (C=O) groups excluding carboxylic acids is 1. The lowest BCUT2D eigenvalue weighted by atomic mass is 10.1. The van der Waals surface area contributed by atoms with Crippen LogP contribution in [0.5, 0.6) is 0 Å². The van der Waals surface area contributed by atoms with Gasteiger partial charge in [-0.05, 0) is 44.6 Å². The second-order valence-corrected chi connectivity index (χ2v) is 5.74. The molecule has 0 aliphatic heterocycles. The molecule has 138 valence electrons. The van der Waals surface area contributed by atoms with E-state index in [0.717, 1.165) is 44.9 Å². The van der Waals surface area contributed by atoms with Gasteiger partial charge in [0.2, 0.25) is 0 Å². The first-order chi connectivity index (χ1) is 12.2. The number of carboxylic acids is 1. The summed E-state index contributed by atoms with van der Waals surface area (Å²) in [5.74, 6) is -0.584. The van der Waals surface area contributed by atoms with E-state index in [9.17, 15) is 9.59 Å². The zero-order valence-corrected chi connectivity index (χ0v) is 15.4. The Bertz CT molecular complexity index is 493. The van der Waals surface area contributed by atoms with E-state index in [1.165, 1.54) is 0 Å². The quantitative estimate of drug-likeness (QED) is 0.173. The van der Waals surface area contributed by atoms with Crippen LogP contribution < -0.4 is 0 Å². The van der Waals surface area contributed by atoms with Gasteiger partial charge in [-0.2, -0.15) is 0 Å². The minimum Gasteiger partial charge on any atom is -0.481 e. The van der Waals surface area contributed by atoms with Crippen LogP contribution in [0, 0.1) is 0 Å². The third-order valence-electron chi connectivity index (χ3n) is 3.39. The van der Waals surface area contributed by atoms with E-state index in [1.54, 1.807) is 12.2 Å². The fourth-order valence-electron chi connectivity index (χ4n) is 2.03. The standard InChI is InChI=1S/C22H32O3/c1-2-3-15-18-21(23)19-16-13-11-9-7-5-4-6-8-10-12-14-17-20-22(24)25/h3,5-8,11,13,15-16,19H,2,4,9-10,12,14,17-18,20H2,1H3,(H,24,25). The summed E-state index contributed by atoms with van der Waals surface area (Å²) in [4.78, 5) is 21.8. The molecule has 0 amide bonds. The molecule has 0 atom stereocenters. The summed E-state index contributed by atoms with van der Waals surface area (Å²) in [6, 6.07) is 0. The first-order valence-electron chi connectivity index (χ1n) is 9.19. The molecule has 0 aliphatic carbocycles. The van der Waals surface area contributed by atoms with Crippen molar-refractivity contribution in [3.05, 3.63) is 60.8 Å². The van der Waals surface area contributed by atoms with Gasteiger partial charge in [0.15, 0.2) is 5.78 Å². The largest absolute Gasteiger partial charge is 0.481 e. The van der Waals surface area contributed by atoms with Crippen LogP contribution in [-0.4, -0.2) is 16.9 Å². The summed E-state index contributed by atoms with van der Waals surface area (Å²) in [5.41, 5.74) is 0. The van der Waals surface area contributed by atoms with E-state index in [-0.39, 0.29) is 12.2 Å². The normalized spacial score (nSPS) is 12.5. The summed E-state index contributed by atoms with van der Waals surface area (Å²) in [6.07, 6.45) is 27.1. The minimum atomic E-state index is -0.707. The predicted octanol–water partition coefficient (Wildman–Crippen LogP) is 5.95. The molecule has 0 saturated carbocycles. The Morgan fingerprint density at radius 1 is 0.800 bits per heavy atom. The van der Waals surface area contributed by atoms with Gasteiger partial charge in [0.25, 0.3) is 0 Å². The van der Waals surface area contributed by atoms with Crippen LogP contribution in [-0.2, 0) is 9.59 Å². The summed E-state index contributed by atoms with van der Waals surface area (Å²) < 4.78 is 0. The molecule has 0 saturated heterocycles. The number of carbonyl (C=O) groups is 2. The van der Waals surface area contributed by atoms with Gasteiger partial charge in [-0.3, -0.25) is 9.59 Å². The summed E-state index contributed by atoms with van der Waals surface area (Å²) in [6.45, 7) is 2.05. The molecule has 1 N–H and O–H groups in total. The Morgan fingerprint density at radius 3 is 2.24 bits per heavy atom. The molecule has 0 aromatic rings. The topological polar surface area (TPSA) is 54.4 Å². The van der Waals surface area contributed by atoms with Gasteiger partial charge < -0.3 is 5.11 Å². The Morgan fingerprint density at radius 2 is 1.52 bits per heavy atom. The number of unbranched alkanes of at least 4 members (excludes halogenated alkanes) is 3. The monoisotopic (exact) mass is 344 g/mol. The summed E-state index contributed by atoms with van der Waals surface area (Å²) >= 11 is 0. The van der Waals surface area contributed by atoms with Crippen molar-refractivity contribution in [3.63, 3.8) is 0 Å². The van der Waals surface area contributed by atoms with Crippen molar-refractivity contribution in [1.82, 2.24) is 0 Å². The number of rotatable bonds is 15. The van der Waals surface area contributed by atoms with Crippen LogP contribution in [0.2, 0.25) is 0 Å². The highest BCUT2D eigenvalue weighted by molar-refractivity contribution is 5.90. The minimum absolute atomic E-state index is 0.123. The average Bonchev–Trinajstić information content (AvgIpc) is 2.58. The number of allylic oxidation sites excluding steroid dienone is 10. The van der Waals surface area contributed by atoms with Crippen molar-refractivity contribution in [1.29, 1.82) is 0 Å². The van der Waals surface area contributed by atoms with Crippen LogP contribution in [0.25, 0.3) is 0 Å². The number of hydrogen-bond acceptors (Lipinski definition) is 2. The zero-order chi connectivity index (χ0) is 18.6. The van der Waals surface area contributed by atoms with Crippen molar-refractivity contribution >= 4 is 11.8 Å². The van der Waals surface area contributed by atoms with Crippen molar-refractivity contribution in [2.75, 3.05) is 0 Å². The molecule has 0 fully saturated rings. The lowest BCUT2D eigenvalue weighted by Gasteiger charge is -1.94. The smallest absolute Gasteiger partial charge is 0.303 e. The first kappa shape index (κ1) is 22.8. The number of ketones is 1. The van der Waals surface area contributed by atoms with Crippen molar-refractivity contribution in [2.24, 2.45) is 0 Å². The van der Waals surface area contributed by atoms with E-state index in [2.05, 4.69) is 24.3 Å². The highest BCUT2D eigenvalue weighted by Gasteiger charge is 1.94. The molecule has 0 bridgehead atoms. The Balaban J connectivity index is 3.58. The van der Waals surface area contributed by atoms with E-state index in [1.807, 2.05) is 31.2 Å². The molecule has 3 nitrogen and oxygen atoms in total. The maximum Gasteiger partial charge on any atom is 0.303 e. The summed E-state index contributed by atoms with van der Waals surface area (Å²) in [5, 5.41) is 8.52. The highest BCUT2D eigenvalue weighted by atomic mass is 16.4. The first-order valence-corrected chi connectivity index (χ1v) is 9.19. The molecular weight excluding hydrogens is 312 g/mol. The van der Waals surface area contributed by atoms with Gasteiger partial charge in [-0.15, -0.1) is 0 Å². The van der Waals surface area contributed by atoms with Gasteiger partial charge in [0, 0.05) is 12.8 Å². The second kappa shape index (κ2) is 18.2. The Kier molecular flexibility index (Phi) is 16.6. The van der Waals surface area contributed by atoms with E-state index < -0.39 is 5.97 Å². The lowest BCUT2D eigenvalue weighted by molar-refractivity contribution is -0.137. The Hall–Kier alpha value is -2.16. The SMILES string of the molecule is CCC=CCC(=O)C=CC=CCC=CCC=CCCCCCC(=O)O. The van der Waals surface area contributed by atoms with Crippen LogP contribution in [0.1, 0.15) is 64.7 Å². The molecular formula is C22H32O3. The molecule has 0 heterocycles. The molecule has 3 heteroatoms. The van der Waals surface area contributed by atoms with Crippen molar-refractivity contribution in [3.8, 4) is 0 Å². The van der Waals surface area contributed by atoms with Crippen LogP contribution >= 0.6 is 0 Å². The molecule has 0 radical (unpaired) electrons. The fourth-order valence-corrected chi connectivity index (χ4v) is 2.03. The molecule has 0 unspecified atom stereocenters. The molecule has 0 spiro atoms. The third kappa shape index (κ3) is 19.8. The zero-order valence-electron chi connectivity index (χ0n) is 15.4. The van der Waals surface area contributed by atoms with Crippen LogP contribution in [0.15, 0.2) is 60.8 Å². The highest BCUT2D eigenvalue weighted by Crippen LogP contribution is 2.04. The van der Waals surface area contributed by atoms with Gasteiger partial charge >= 0.3 is 5.97 Å². The van der Waals surface area contributed by atoms with Gasteiger partial charge in [0.1, 0.15) is 0 Å². The van der Waals surface area contributed by atoms with Gasteiger partial charge in [0.05, 0.1) is 0 Å². The number of aliphatic carboxylic acids is 1. The van der Waals surface area contributed by atoms with Gasteiger partial charge in [-0.1, -0.05) is 68.0 Å². The lowest BCUT2D eigenvalue weighted by Crippen LogP contribution is -1.93. The van der Waals surface area contributed by atoms with Crippen LogP contribution in [0.3, 0.4) is 0 Å². The number of carboxylic acid groups (broad SMARTS) is 1. The molecule has 25 heavy (non-hydrogen) atoms. The third-order valence-corrected chi connectivity index (χ3v) is 3.39. The summed E-state index contributed by atoms with van der Waals surface area (Å²) in [7, 11) is 0. The molecule has 0 aromatic heterocycles. The maximum absolute atomic E-state index is 11.4. The van der Waals surface area contributed by atoms with Crippen LogP contribution in [0.4, 0.5) is 0 Å². The molecule has 0 aliphatic rings. The average molecular weight is 344 g/mol. The number of hydrogen-bond donors (Lipinski definition) is 1. The Labute approximate surface area is 152 Å². The molecule has 0 rings (SSSR count). The second-order valence-electron chi connectivity index (χ2n) is 5.74. The van der Waals surface area contributed by atoms with Gasteiger partial charge in [-0.25, -0.2) is 0 Å². The van der Waals surface area contributed by atoms with E-state index >= 15 is 0 Å². The molecule has 0 aromatic carbocycles. The van der Waals surface area contributed by atoms with Crippen molar-refractivity contribution < 1.29 is 14.7 Å². The maximum atomic E-state index is 11.4.